The first-order valence-electron chi connectivity index (χ1n) is 5.52. The number of nitrogens with one attached hydrogen (secondary N) is 1. The molecule has 0 radical (unpaired) electrons. The van der Waals surface area contributed by atoms with Crippen molar-refractivity contribution in [1.29, 1.82) is 0 Å². The van der Waals surface area contributed by atoms with Crippen LogP contribution < -0.4 is 15.2 Å². The van der Waals surface area contributed by atoms with Crippen molar-refractivity contribution in [3.8, 4) is 5.75 Å². The molecule has 0 fully saturated rings. The second-order valence-corrected chi connectivity index (χ2v) is 6.52. The topological polar surface area (TPSA) is 81.4 Å². The fourth-order valence-corrected chi connectivity index (χ4v) is 2.96. The van der Waals surface area contributed by atoms with Gasteiger partial charge in [0.05, 0.1) is 18.6 Å². The highest BCUT2D eigenvalue weighted by molar-refractivity contribution is 9.10. The van der Waals surface area contributed by atoms with Crippen LogP contribution in [0.15, 0.2) is 22.7 Å². The zero-order valence-electron chi connectivity index (χ0n) is 10.1. The predicted molar refractivity (Wildman–Crippen MR) is 76.4 cm³/mol. The van der Waals surface area contributed by atoms with E-state index in [0.717, 1.165) is 4.47 Å². The average molecular weight is 337 g/mol. The number of nitrogens with two attached hydrogens (primary N) is 1. The summed E-state index contributed by atoms with van der Waals surface area (Å²) in [4.78, 5) is 0. The lowest BCUT2D eigenvalue weighted by molar-refractivity contribution is 0.417. The van der Waals surface area contributed by atoms with Gasteiger partial charge in [-0.3, -0.25) is 4.72 Å². The van der Waals surface area contributed by atoms with E-state index in [2.05, 4.69) is 20.7 Å². The van der Waals surface area contributed by atoms with Crippen molar-refractivity contribution in [2.75, 3.05) is 24.1 Å². The summed E-state index contributed by atoms with van der Waals surface area (Å²) in [5.41, 5.74) is 5.76. The number of rotatable bonds is 7. The minimum atomic E-state index is -3.36. The highest BCUT2D eigenvalue weighted by Gasteiger charge is 2.13. The molecular formula is C11H17BrN2O3S. The summed E-state index contributed by atoms with van der Waals surface area (Å²) >= 11 is 3.29. The fourth-order valence-electron chi connectivity index (χ4n) is 1.41. The summed E-state index contributed by atoms with van der Waals surface area (Å²) in [6, 6.07) is 5.15. The van der Waals surface area contributed by atoms with Gasteiger partial charge in [-0.05, 0) is 37.6 Å². The van der Waals surface area contributed by atoms with Crippen LogP contribution >= 0.6 is 15.9 Å². The molecule has 102 valence electrons. The molecule has 0 aliphatic carbocycles. The van der Waals surface area contributed by atoms with E-state index in [-0.39, 0.29) is 5.75 Å². The SMILES string of the molecule is COc1ccc(Br)cc1NS(=O)(=O)CCCCN. The molecule has 18 heavy (non-hydrogen) atoms. The number of methoxy groups -OCH3 is 1. The lowest BCUT2D eigenvalue weighted by atomic mass is 10.3. The number of hydrogen-bond donors (Lipinski definition) is 2. The lowest BCUT2D eigenvalue weighted by Crippen LogP contribution is -2.18. The van der Waals surface area contributed by atoms with E-state index in [1.807, 2.05) is 0 Å². The van der Waals surface area contributed by atoms with Gasteiger partial charge in [-0.15, -0.1) is 0 Å². The molecule has 0 aromatic heterocycles. The Hall–Kier alpha value is -0.790. The molecule has 0 saturated carbocycles. The molecule has 0 spiro atoms. The van der Waals surface area contributed by atoms with E-state index >= 15 is 0 Å². The zero-order valence-corrected chi connectivity index (χ0v) is 12.6. The third kappa shape index (κ3) is 4.83. The molecule has 5 nitrogen and oxygen atoms in total. The monoisotopic (exact) mass is 336 g/mol. The summed E-state index contributed by atoms with van der Waals surface area (Å²) in [7, 11) is -1.87. The minimum Gasteiger partial charge on any atom is -0.495 e. The Kier molecular flexibility index (Phi) is 5.90. The van der Waals surface area contributed by atoms with Gasteiger partial charge in [0.1, 0.15) is 5.75 Å². The van der Waals surface area contributed by atoms with Crippen LogP contribution in [0.1, 0.15) is 12.8 Å². The predicted octanol–water partition coefficient (Wildman–Crippen LogP) is 1.94. The van der Waals surface area contributed by atoms with Crippen LogP contribution in [0.2, 0.25) is 0 Å². The molecule has 0 amide bonds. The quantitative estimate of drug-likeness (QED) is 0.745. The molecule has 0 saturated heterocycles. The van der Waals surface area contributed by atoms with Crippen molar-refractivity contribution in [3.63, 3.8) is 0 Å². The number of halogens is 1. The van der Waals surface area contributed by atoms with Gasteiger partial charge in [-0.2, -0.15) is 0 Å². The largest absolute Gasteiger partial charge is 0.495 e. The molecule has 1 aromatic rings. The molecule has 7 heteroatoms. The Morgan fingerprint density at radius 1 is 1.39 bits per heavy atom. The molecular weight excluding hydrogens is 320 g/mol. The van der Waals surface area contributed by atoms with Crippen molar-refractivity contribution >= 4 is 31.6 Å². The molecule has 0 unspecified atom stereocenters. The highest BCUT2D eigenvalue weighted by atomic mass is 79.9. The van der Waals surface area contributed by atoms with E-state index < -0.39 is 10.0 Å². The summed E-state index contributed by atoms with van der Waals surface area (Å²) in [6.07, 6.45) is 1.23. The van der Waals surface area contributed by atoms with Gasteiger partial charge >= 0.3 is 0 Å². The fraction of sp³-hybridized carbons (Fsp3) is 0.455. The van der Waals surface area contributed by atoms with Crippen LogP contribution in [0, 0.1) is 0 Å². The van der Waals surface area contributed by atoms with Crippen molar-refractivity contribution in [2.24, 2.45) is 5.73 Å². The second kappa shape index (κ2) is 6.96. The van der Waals surface area contributed by atoms with Gasteiger partial charge in [0.25, 0.3) is 0 Å². The lowest BCUT2D eigenvalue weighted by Gasteiger charge is -2.12. The molecule has 0 aliphatic heterocycles. The van der Waals surface area contributed by atoms with Crippen LogP contribution in [-0.2, 0) is 10.0 Å². The number of sulfonamides is 1. The molecule has 1 aromatic carbocycles. The van der Waals surface area contributed by atoms with Crippen molar-refractivity contribution < 1.29 is 13.2 Å². The molecule has 3 N–H and O–H groups in total. The Morgan fingerprint density at radius 3 is 2.72 bits per heavy atom. The molecule has 1 rings (SSSR count). The van der Waals surface area contributed by atoms with Crippen LogP contribution in [-0.4, -0.2) is 27.8 Å². The zero-order chi connectivity index (χ0) is 13.6. The van der Waals surface area contributed by atoms with E-state index in [1.54, 1.807) is 18.2 Å². The van der Waals surface area contributed by atoms with E-state index in [4.69, 9.17) is 10.5 Å². The van der Waals surface area contributed by atoms with E-state index in [0.29, 0.717) is 30.8 Å². The Bertz CT molecular complexity index is 491. The van der Waals surface area contributed by atoms with Crippen molar-refractivity contribution in [3.05, 3.63) is 22.7 Å². The summed E-state index contributed by atoms with van der Waals surface area (Å²) < 4.78 is 32.1. The Balaban J connectivity index is 2.79. The first-order chi connectivity index (χ1) is 8.48. The number of unbranched alkanes of at least 4 members (excludes halogenated alkanes) is 1. The summed E-state index contributed by atoms with van der Waals surface area (Å²) in [5.74, 6) is 0.542. The first kappa shape index (κ1) is 15.3. The van der Waals surface area contributed by atoms with Crippen molar-refractivity contribution in [2.45, 2.75) is 12.8 Å². The van der Waals surface area contributed by atoms with Gasteiger partial charge in [0.15, 0.2) is 0 Å². The Labute approximate surface area is 116 Å². The van der Waals surface area contributed by atoms with Gasteiger partial charge in [-0.1, -0.05) is 15.9 Å². The standard InChI is InChI=1S/C11H17BrN2O3S/c1-17-11-5-4-9(12)8-10(11)14-18(15,16)7-3-2-6-13/h4-5,8,14H,2-3,6-7,13H2,1H3. The maximum atomic E-state index is 11.8. The maximum absolute atomic E-state index is 11.8. The number of hydrogen-bond acceptors (Lipinski definition) is 4. The van der Waals surface area contributed by atoms with Gasteiger partial charge in [-0.25, -0.2) is 8.42 Å². The summed E-state index contributed by atoms with van der Waals surface area (Å²) in [5, 5.41) is 0. The number of anilines is 1. The molecule has 0 atom stereocenters. The average Bonchev–Trinajstić information content (AvgIpc) is 2.29. The van der Waals surface area contributed by atoms with Gasteiger partial charge in [0, 0.05) is 4.47 Å². The first-order valence-corrected chi connectivity index (χ1v) is 7.97. The third-order valence-electron chi connectivity index (χ3n) is 2.29. The third-order valence-corrected chi connectivity index (χ3v) is 4.14. The van der Waals surface area contributed by atoms with Crippen LogP contribution in [0.4, 0.5) is 5.69 Å². The van der Waals surface area contributed by atoms with Crippen molar-refractivity contribution in [1.82, 2.24) is 0 Å². The molecule has 0 aliphatic rings. The number of benzene rings is 1. The molecule has 0 bridgehead atoms. The van der Waals surface area contributed by atoms with Gasteiger partial charge in [0.2, 0.25) is 10.0 Å². The maximum Gasteiger partial charge on any atom is 0.232 e. The number of ether oxygens (including phenoxy) is 1. The van der Waals surface area contributed by atoms with Crippen LogP contribution in [0.5, 0.6) is 5.75 Å². The highest BCUT2D eigenvalue weighted by Crippen LogP contribution is 2.28. The molecule has 0 heterocycles. The normalized spacial score (nSPS) is 11.3. The smallest absolute Gasteiger partial charge is 0.232 e. The van der Waals surface area contributed by atoms with E-state index in [1.165, 1.54) is 7.11 Å². The van der Waals surface area contributed by atoms with Crippen LogP contribution in [0.3, 0.4) is 0 Å². The Morgan fingerprint density at radius 2 is 2.11 bits per heavy atom. The summed E-state index contributed by atoms with van der Waals surface area (Å²) in [6.45, 7) is 0.496. The minimum absolute atomic E-state index is 0.0554. The van der Waals surface area contributed by atoms with Gasteiger partial charge < -0.3 is 10.5 Å². The van der Waals surface area contributed by atoms with E-state index in [9.17, 15) is 8.42 Å². The van der Waals surface area contributed by atoms with Crippen LogP contribution in [0.25, 0.3) is 0 Å². The second-order valence-electron chi connectivity index (χ2n) is 3.76.